The molecule has 0 spiro atoms. The van der Waals surface area contributed by atoms with Crippen LogP contribution < -0.4 is 0 Å². The summed E-state index contributed by atoms with van der Waals surface area (Å²) >= 11 is 0. The Balaban J connectivity index is 4.24. The number of carbonyl (C=O) groups excluding carboxylic acids is 1. The van der Waals surface area contributed by atoms with Gasteiger partial charge in [-0.05, 0) is 0 Å². The van der Waals surface area contributed by atoms with Crippen LogP contribution in [0, 0.1) is 0 Å². The predicted octanol–water partition coefficient (Wildman–Crippen LogP) is -2.35. The molecule has 11 heavy (non-hydrogen) atoms. The lowest BCUT2D eigenvalue weighted by molar-refractivity contribution is -0.115. The van der Waals surface area contributed by atoms with Crippen LogP contribution in [0.2, 0.25) is 0 Å². The maximum Gasteiger partial charge on any atom is 0.122 e. The smallest absolute Gasteiger partial charge is 0.122 e. The van der Waals surface area contributed by atoms with Crippen LogP contribution in [0.25, 0.3) is 0 Å². The fourth-order valence-electron chi connectivity index (χ4n) is 0.504. The van der Waals surface area contributed by atoms with Crippen molar-refractivity contribution in [2.45, 2.75) is 24.7 Å². The van der Waals surface area contributed by atoms with Gasteiger partial charge in [0.25, 0.3) is 0 Å². The summed E-state index contributed by atoms with van der Waals surface area (Å²) in [5, 5.41) is 35.2. The normalized spacial score (nSPS) is 24.4. The van der Waals surface area contributed by atoms with Crippen molar-refractivity contribution in [2.24, 2.45) is 0 Å². The molecule has 0 unspecified atom stereocenters. The molecule has 5 nitrogen and oxygen atoms in total. The Morgan fingerprint density at radius 2 is 2.00 bits per heavy atom. The van der Waals surface area contributed by atoms with Gasteiger partial charge in [0.15, 0.2) is 0 Å². The van der Waals surface area contributed by atoms with Crippen molar-refractivity contribution in [2.75, 3.05) is 6.61 Å². The number of aliphatic hydroxyl groups is 4. The van der Waals surface area contributed by atoms with Gasteiger partial charge in [-0.1, -0.05) is 0 Å². The average molecular weight is 166 g/mol. The SMILES string of the molecule is [2H]C(=O)[C@H]([2H])[C@@H](O)[C@H](O)[C@H](O)CO. The Labute approximate surface area is 66.7 Å². The molecule has 0 fully saturated rings. The van der Waals surface area contributed by atoms with Gasteiger partial charge >= 0.3 is 0 Å². The Kier molecular flexibility index (Phi) is 3.39. The molecule has 0 bridgehead atoms. The molecule has 4 N–H and O–H groups in total. The van der Waals surface area contributed by atoms with E-state index in [0.29, 0.717) is 0 Å². The van der Waals surface area contributed by atoms with Crippen molar-refractivity contribution in [1.82, 2.24) is 0 Å². The summed E-state index contributed by atoms with van der Waals surface area (Å²) < 4.78 is 13.4. The number of aliphatic hydroxyl groups excluding tert-OH is 4. The fourth-order valence-corrected chi connectivity index (χ4v) is 0.504. The Hall–Kier alpha value is -0.490. The van der Waals surface area contributed by atoms with E-state index in [9.17, 15) is 4.79 Å². The molecule has 0 saturated heterocycles. The largest absolute Gasteiger partial charge is 0.394 e. The van der Waals surface area contributed by atoms with Crippen LogP contribution in [0.4, 0.5) is 0 Å². The van der Waals surface area contributed by atoms with Crippen LogP contribution in [-0.2, 0) is 4.79 Å². The lowest BCUT2D eigenvalue weighted by Gasteiger charge is -2.19. The minimum Gasteiger partial charge on any atom is -0.394 e. The van der Waals surface area contributed by atoms with Gasteiger partial charge in [-0.25, -0.2) is 0 Å². The number of rotatable bonds is 5. The van der Waals surface area contributed by atoms with Gasteiger partial charge in [0.1, 0.15) is 19.8 Å². The van der Waals surface area contributed by atoms with Crippen molar-refractivity contribution in [3.05, 3.63) is 0 Å². The molecule has 0 rings (SSSR count). The number of aldehydes is 1. The molecule has 0 aliphatic rings. The molecule has 0 aromatic carbocycles. The number of carbonyl (C=O) groups is 1. The van der Waals surface area contributed by atoms with E-state index in [4.69, 9.17) is 23.2 Å². The van der Waals surface area contributed by atoms with Gasteiger partial charge in [0, 0.05) is 7.77 Å². The standard InChI is InChI=1S/C6H12O5/c7-2-1-4(9)6(11)5(10)3-8/h2,4-6,8-11H,1,3H2/t4-,5-,6+/m1/s1/i1D,2D/t1-,4+,5+,6-/m0. The molecule has 0 radical (unpaired) electrons. The third kappa shape index (κ3) is 3.43. The minimum absolute atomic E-state index is 0.795. The maximum absolute atomic E-state index is 10.3. The van der Waals surface area contributed by atoms with Gasteiger partial charge < -0.3 is 25.2 Å². The van der Waals surface area contributed by atoms with Crippen molar-refractivity contribution < 1.29 is 28.0 Å². The summed E-state index contributed by atoms with van der Waals surface area (Å²) in [5.41, 5.74) is 0. The monoisotopic (exact) mass is 166 g/mol. The van der Waals surface area contributed by atoms with E-state index in [0.717, 1.165) is 0 Å². The summed E-state index contributed by atoms with van der Waals surface area (Å²) in [6, 6.07) is 0. The van der Waals surface area contributed by atoms with Gasteiger partial charge in [-0.15, -0.1) is 0 Å². The van der Waals surface area contributed by atoms with E-state index in [-0.39, 0.29) is 0 Å². The molecule has 4 atom stereocenters. The first kappa shape index (κ1) is 7.17. The predicted molar refractivity (Wildman–Crippen MR) is 35.8 cm³/mol. The first-order valence-electron chi connectivity index (χ1n) is 4.07. The van der Waals surface area contributed by atoms with E-state index >= 15 is 0 Å². The third-order valence-corrected chi connectivity index (χ3v) is 1.17. The third-order valence-electron chi connectivity index (χ3n) is 1.17. The first-order valence-corrected chi connectivity index (χ1v) is 2.99. The fraction of sp³-hybridized carbons (Fsp3) is 0.833. The van der Waals surface area contributed by atoms with Gasteiger partial charge in [-0.2, -0.15) is 0 Å². The van der Waals surface area contributed by atoms with Crippen molar-refractivity contribution in [3.63, 3.8) is 0 Å². The zero-order valence-electron chi connectivity index (χ0n) is 7.71. The zero-order valence-corrected chi connectivity index (χ0v) is 5.71. The zero-order chi connectivity index (χ0) is 10.6. The van der Waals surface area contributed by atoms with Crippen molar-refractivity contribution in [1.29, 1.82) is 0 Å². The van der Waals surface area contributed by atoms with Crippen LogP contribution in [0.15, 0.2) is 0 Å². The van der Waals surface area contributed by atoms with Crippen molar-refractivity contribution in [3.8, 4) is 0 Å². The van der Waals surface area contributed by atoms with Crippen LogP contribution in [0.3, 0.4) is 0 Å². The summed E-state index contributed by atoms with van der Waals surface area (Å²) in [5.74, 6) is 0. The van der Waals surface area contributed by atoms with Gasteiger partial charge in [0.05, 0.1) is 12.7 Å². The Morgan fingerprint density at radius 1 is 1.45 bits per heavy atom. The molecule has 0 heterocycles. The molecule has 5 heteroatoms. The van der Waals surface area contributed by atoms with Crippen LogP contribution in [0.5, 0.6) is 0 Å². The van der Waals surface area contributed by atoms with Crippen LogP contribution >= 0.6 is 0 Å². The minimum atomic E-state index is -1.87. The molecule has 66 valence electrons. The Bertz CT molecular complexity index is 176. The molecule has 0 aliphatic heterocycles. The average Bonchev–Trinajstić information content (AvgIpc) is 2.12. The van der Waals surface area contributed by atoms with E-state index in [1.165, 1.54) is 0 Å². The second-order valence-electron chi connectivity index (χ2n) is 2.02. The highest BCUT2D eigenvalue weighted by Crippen LogP contribution is 2.01. The quantitative estimate of drug-likeness (QED) is 0.343. The summed E-state index contributed by atoms with van der Waals surface area (Å²) in [6.45, 7) is -0.795. The highest BCUT2D eigenvalue weighted by molar-refractivity contribution is 5.50. The molecule has 0 aromatic heterocycles. The Morgan fingerprint density at radius 3 is 2.36 bits per heavy atom. The number of hydrogen-bond donors (Lipinski definition) is 4. The molecule has 0 amide bonds. The first-order chi connectivity index (χ1) is 5.91. The van der Waals surface area contributed by atoms with Crippen LogP contribution in [0.1, 0.15) is 9.14 Å². The van der Waals surface area contributed by atoms with E-state index < -0.39 is 37.6 Å². The summed E-state index contributed by atoms with van der Waals surface area (Å²) in [4.78, 5) is 10.3. The van der Waals surface area contributed by atoms with E-state index in [2.05, 4.69) is 0 Å². The maximum atomic E-state index is 10.3. The summed E-state index contributed by atoms with van der Waals surface area (Å²) in [7, 11) is 0. The molecular weight excluding hydrogens is 152 g/mol. The van der Waals surface area contributed by atoms with Gasteiger partial charge in [0.2, 0.25) is 0 Å². The van der Waals surface area contributed by atoms with Crippen LogP contribution in [-0.4, -0.2) is 51.6 Å². The molecular formula is C6H12O5. The highest BCUT2D eigenvalue weighted by atomic mass is 16.4. The molecule has 0 aromatic rings. The topological polar surface area (TPSA) is 98.0 Å². The van der Waals surface area contributed by atoms with E-state index in [1.807, 2.05) is 0 Å². The van der Waals surface area contributed by atoms with Gasteiger partial charge in [-0.3, -0.25) is 0 Å². The summed E-state index contributed by atoms with van der Waals surface area (Å²) in [6.07, 6.45) is -8.50. The molecule has 0 aliphatic carbocycles. The second-order valence-corrected chi connectivity index (χ2v) is 2.02. The second kappa shape index (κ2) is 5.20. The lowest BCUT2D eigenvalue weighted by atomic mass is 10.1. The molecule has 0 saturated carbocycles. The van der Waals surface area contributed by atoms with Crippen molar-refractivity contribution >= 4 is 6.26 Å². The number of hydrogen-bond acceptors (Lipinski definition) is 5. The lowest BCUT2D eigenvalue weighted by Crippen LogP contribution is -2.39. The van der Waals surface area contributed by atoms with E-state index in [1.54, 1.807) is 0 Å². The highest BCUT2D eigenvalue weighted by Gasteiger charge is 2.23.